The van der Waals surface area contributed by atoms with Gasteiger partial charge < -0.3 is 19.5 Å². The Labute approximate surface area is 193 Å². The van der Waals surface area contributed by atoms with Crippen LogP contribution in [0.1, 0.15) is 6.92 Å². The van der Waals surface area contributed by atoms with Crippen LogP contribution in [-0.4, -0.2) is 40.8 Å². The van der Waals surface area contributed by atoms with Crippen molar-refractivity contribution in [3.8, 4) is 23.0 Å². The van der Waals surface area contributed by atoms with Gasteiger partial charge in [0.1, 0.15) is 29.0 Å². The van der Waals surface area contributed by atoms with E-state index >= 15 is 0 Å². The van der Waals surface area contributed by atoms with Gasteiger partial charge in [-0.05, 0) is 55.5 Å². The summed E-state index contributed by atoms with van der Waals surface area (Å²) in [6.07, 6.45) is 1.05. The zero-order valence-electron chi connectivity index (χ0n) is 18.8. The SMILES string of the molecule is COc1ccc(NC(=O)[C@@H](C)N(c2ccc(Oc3ccccc3)cc2)S(C)(=O)=O)c(OC)c1. The first-order chi connectivity index (χ1) is 15.7. The molecule has 0 aliphatic heterocycles. The minimum absolute atomic E-state index is 0.335. The molecule has 3 aromatic carbocycles. The van der Waals surface area contributed by atoms with E-state index in [-0.39, 0.29) is 0 Å². The van der Waals surface area contributed by atoms with E-state index in [9.17, 15) is 13.2 Å². The Hall–Kier alpha value is -3.72. The van der Waals surface area contributed by atoms with Crippen molar-refractivity contribution < 1.29 is 27.4 Å². The number of carbonyl (C=O) groups excluding carboxylic acids is 1. The molecule has 174 valence electrons. The molecule has 3 aromatic rings. The van der Waals surface area contributed by atoms with E-state index in [2.05, 4.69) is 5.32 Å². The number of hydrogen-bond donors (Lipinski definition) is 1. The molecule has 0 spiro atoms. The molecule has 0 aliphatic rings. The first-order valence-corrected chi connectivity index (χ1v) is 11.9. The molecule has 0 unspecified atom stereocenters. The van der Waals surface area contributed by atoms with Crippen LogP contribution < -0.4 is 23.8 Å². The summed E-state index contributed by atoms with van der Waals surface area (Å²) in [4.78, 5) is 13.0. The summed E-state index contributed by atoms with van der Waals surface area (Å²) in [5.41, 5.74) is 0.734. The van der Waals surface area contributed by atoms with Crippen molar-refractivity contribution >= 4 is 27.3 Å². The molecule has 3 rings (SSSR count). The van der Waals surface area contributed by atoms with Gasteiger partial charge in [-0.25, -0.2) is 8.42 Å². The number of rotatable bonds is 9. The quantitative estimate of drug-likeness (QED) is 0.501. The molecular weight excluding hydrogens is 444 g/mol. The van der Waals surface area contributed by atoms with E-state index in [1.807, 2.05) is 30.3 Å². The van der Waals surface area contributed by atoms with Crippen molar-refractivity contribution in [3.05, 3.63) is 72.8 Å². The van der Waals surface area contributed by atoms with E-state index in [1.165, 1.54) is 21.1 Å². The average Bonchev–Trinajstić information content (AvgIpc) is 2.80. The lowest BCUT2D eigenvalue weighted by Crippen LogP contribution is -2.45. The summed E-state index contributed by atoms with van der Waals surface area (Å²) < 4.78 is 42.5. The molecule has 0 radical (unpaired) electrons. The van der Waals surface area contributed by atoms with Gasteiger partial charge in [0.05, 0.1) is 31.9 Å². The predicted molar refractivity (Wildman–Crippen MR) is 128 cm³/mol. The molecule has 0 fully saturated rings. The molecular formula is C24H26N2O6S. The maximum atomic E-state index is 13.0. The molecule has 0 saturated heterocycles. The van der Waals surface area contributed by atoms with Crippen LogP contribution in [0.5, 0.6) is 23.0 Å². The van der Waals surface area contributed by atoms with E-state index in [0.717, 1.165) is 10.6 Å². The van der Waals surface area contributed by atoms with E-state index in [0.29, 0.717) is 34.4 Å². The highest BCUT2D eigenvalue weighted by Crippen LogP contribution is 2.30. The number of nitrogens with zero attached hydrogens (tertiary/aromatic N) is 1. The largest absolute Gasteiger partial charge is 0.497 e. The number of ether oxygens (including phenoxy) is 3. The maximum Gasteiger partial charge on any atom is 0.248 e. The second-order valence-corrected chi connectivity index (χ2v) is 9.06. The summed E-state index contributed by atoms with van der Waals surface area (Å²) in [6.45, 7) is 1.51. The third-order valence-electron chi connectivity index (χ3n) is 4.83. The van der Waals surface area contributed by atoms with E-state index < -0.39 is 22.0 Å². The van der Waals surface area contributed by atoms with E-state index in [4.69, 9.17) is 14.2 Å². The number of methoxy groups -OCH3 is 2. The lowest BCUT2D eigenvalue weighted by molar-refractivity contribution is -0.116. The van der Waals surface area contributed by atoms with Crippen LogP contribution in [0.25, 0.3) is 0 Å². The normalized spacial score (nSPS) is 11.9. The molecule has 33 heavy (non-hydrogen) atoms. The monoisotopic (exact) mass is 470 g/mol. The lowest BCUT2D eigenvalue weighted by atomic mass is 10.2. The van der Waals surface area contributed by atoms with Gasteiger partial charge >= 0.3 is 0 Å². The van der Waals surface area contributed by atoms with Gasteiger partial charge in [-0.3, -0.25) is 9.10 Å². The van der Waals surface area contributed by atoms with Crippen molar-refractivity contribution in [1.29, 1.82) is 0 Å². The number of amides is 1. The van der Waals surface area contributed by atoms with Crippen LogP contribution in [0.15, 0.2) is 72.8 Å². The highest BCUT2D eigenvalue weighted by Gasteiger charge is 2.29. The fourth-order valence-corrected chi connectivity index (χ4v) is 4.41. The predicted octanol–water partition coefficient (Wildman–Crippen LogP) is 4.29. The summed E-state index contributed by atoms with van der Waals surface area (Å²) in [5, 5.41) is 2.73. The zero-order chi connectivity index (χ0) is 24.0. The Morgan fingerprint density at radius 1 is 0.879 bits per heavy atom. The molecule has 9 heteroatoms. The number of nitrogens with one attached hydrogen (secondary N) is 1. The Kier molecular flexibility index (Phi) is 7.44. The molecule has 0 saturated carbocycles. The van der Waals surface area contributed by atoms with Crippen LogP contribution in [0.4, 0.5) is 11.4 Å². The number of hydrogen-bond acceptors (Lipinski definition) is 6. The van der Waals surface area contributed by atoms with Gasteiger partial charge in [-0.1, -0.05) is 18.2 Å². The number of para-hydroxylation sites is 1. The summed E-state index contributed by atoms with van der Waals surface area (Å²) >= 11 is 0. The molecule has 1 amide bonds. The summed E-state index contributed by atoms with van der Waals surface area (Å²) in [5.74, 6) is 1.63. The second-order valence-electron chi connectivity index (χ2n) is 7.20. The number of anilines is 2. The summed E-state index contributed by atoms with van der Waals surface area (Å²) in [7, 11) is -0.781. The van der Waals surface area contributed by atoms with Crippen molar-refractivity contribution in [1.82, 2.24) is 0 Å². The zero-order valence-corrected chi connectivity index (χ0v) is 19.6. The van der Waals surface area contributed by atoms with Gasteiger partial charge in [0.25, 0.3) is 0 Å². The second kappa shape index (κ2) is 10.3. The topological polar surface area (TPSA) is 94.2 Å². The van der Waals surface area contributed by atoms with Crippen LogP contribution in [0, 0.1) is 0 Å². The van der Waals surface area contributed by atoms with Crippen molar-refractivity contribution in [3.63, 3.8) is 0 Å². The highest BCUT2D eigenvalue weighted by molar-refractivity contribution is 7.92. The molecule has 0 aliphatic carbocycles. The van der Waals surface area contributed by atoms with Gasteiger partial charge in [0.2, 0.25) is 15.9 Å². The Morgan fingerprint density at radius 3 is 2.06 bits per heavy atom. The molecule has 0 heterocycles. The van der Waals surface area contributed by atoms with Crippen molar-refractivity contribution in [2.75, 3.05) is 30.1 Å². The fraction of sp³-hybridized carbons (Fsp3) is 0.208. The lowest BCUT2D eigenvalue weighted by Gasteiger charge is -2.28. The van der Waals surface area contributed by atoms with Crippen molar-refractivity contribution in [2.24, 2.45) is 0 Å². The van der Waals surface area contributed by atoms with Gasteiger partial charge in [-0.15, -0.1) is 0 Å². The number of benzene rings is 3. The molecule has 0 bridgehead atoms. The number of sulfonamides is 1. The highest BCUT2D eigenvalue weighted by atomic mass is 32.2. The fourth-order valence-electron chi connectivity index (χ4n) is 3.23. The first-order valence-electron chi connectivity index (χ1n) is 10.1. The van der Waals surface area contributed by atoms with Crippen LogP contribution in [0.2, 0.25) is 0 Å². The molecule has 1 atom stereocenters. The molecule has 1 N–H and O–H groups in total. The first kappa shape index (κ1) is 23.9. The Bertz CT molecular complexity index is 1200. The third kappa shape index (κ3) is 5.95. The maximum absolute atomic E-state index is 13.0. The Morgan fingerprint density at radius 2 is 1.48 bits per heavy atom. The third-order valence-corrected chi connectivity index (χ3v) is 6.07. The minimum Gasteiger partial charge on any atom is -0.497 e. The van der Waals surface area contributed by atoms with Gasteiger partial charge in [0, 0.05) is 6.07 Å². The van der Waals surface area contributed by atoms with E-state index in [1.54, 1.807) is 42.5 Å². The van der Waals surface area contributed by atoms with Crippen LogP contribution in [-0.2, 0) is 14.8 Å². The Balaban J connectivity index is 1.82. The number of carbonyl (C=O) groups is 1. The smallest absolute Gasteiger partial charge is 0.248 e. The molecule has 8 nitrogen and oxygen atoms in total. The van der Waals surface area contributed by atoms with Gasteiger partial charge in [0.15, 0.2) is 0 Å². The standard InChI is InChI=1S/C24H26N2O6S/c1-17(24(27)25-22-15-14-21(30-2)16-23(22)31-3)26(33(4,28)29)18-10-12-20(13-11-18)32-19-8-6-5-7-9-19/h5-17H,1-4H3,(H,25,27)/t17-/m1/s1. The average molecular weight is 471 g/mol. The summed E-state index contributed by atoms with van der Waals surface area (Å²) in [6, 6.07) is 19.6. The van der Waals surface area contributed by atoms with Crippen LogP contribution >= 0.6 is 0 Å². The van der Waals surface area contributed by atoms with Gasteiger partial charge in [-0.2, -0.15) is 0 Å². The minimum atomic E-state index is -3.77. The molecule has 0 aromatic heterocycles. The van der Waals surface area contributed by atoms with Crippen LogP contribution in [0.3, 0.4) is 0 Å². The van der Waals surface area contributed by atoms with Crippen molar-refractivity contribution in [2.45, 2.75) is 13.0 Å².